The number of methoxy groups -OCH3 is 1. The zero-order valence-corrected chi connectivity index (χ0v) is 12.9. The summed E-state index contributed by atoms with van der Waals surface area (Å²) in [4.78, 5) is 12.9. The van der Waals surface area contributed by atoms with Gasteiger partial charge in [-0.25, -0.2) is 0 Å². The van der Waals surface area contributed by atoms with Gasteiger partial charge in [-0.05, 0) is 43.5 Å². The molecule has 0 aliphatic carbocycles. The summed E-state index contributed by atoms with van der Waals surface area (Å²) in [5, 5.41) is 0. The Morgan fingerprint density at radius 3 is 2.29 bits per heavy atom. The van der Waals surface area contributed by atoms with Gasteiger partial charge in [-0.3, -0.25) is 4.79 Å². The van der Waals surface area contributed by atoms with Gasteiger partial charge in [-0.2, -0.15) is 0 Å². The molecule has 1 atom stereocenters. The Hall–Kier alpha value is -2.13. The normalized spacial score (nSPS) is 13.6. The number of rotatable bonds is 4. The first-order valence-corrected chi connectivity index (χ1v) is 6.93. The minimum atomic E-state index is -1.09. The van der Waals surface area contributed by atoms with E-state index in [1.807, 2.05) is 50.2 Å². The molecule has 3 nitrogen and oxygen atoms in total. The van der Waals surface area contributed by atoms with E-state index >= 15 is 0 Å². The molecule has 2 aromatic carbocycles. The third kappa shape index (κ3) is 2.69. The summed E-state index contributed by atoms with van der Waals surface area (Å²) in [7, 11) is 1.58. The fourth-order valence-electron chi connectivity index (χ4n) is 2.43. The lowest BCUT2D eigenvalue weighted by molar-refractivity contribution is 0.0896. The summed E-state index contributed by atoms with van der Waals surface area (Å²) in [5.74, 6) is 0.459. The fraction of sp³-hybridized carbons (Fsp3) is 0.278. The van der Waals surface area contributed by atoms with E-state index in [2.05, 4.69) is 0 Å². The van der Waals surface area contributed by atoms with Crippen molar-refractivity contribution in [3.05, 3.63) is 64.7 Å². The van der Waals surface area contributed by atoms with E-state index in [0.29, 0.717) is 11.3 Å². The Bertz CT molecular complexity index is 660. The van der Waals surface area contributed by atoms with Crippen molar-refractivity contribution in [1.82, 2.24) is 0 Å². The van der Waals surface area contributed by atoms with Crippen LogP contribution in [-0.4, -0.2) is 12.9 Å². The summed E-state index contributed by atoms with van der Waals surface area (Å²) in [6.45, 7) is 5.67. The van der Waals surface area contributed by atoms with Crippen LogP contribution in [0.15, 0.2) is 42.5 Å². The Balaban J connectivity index is 2.52. The minimum absolute atomic E-state index is 0.145. The number of Topliss-reactive ketones (excluding diaryl/α,β-unsaturated/α-hetero) is 1. The van der Waals surface area contributed by atoms with Crippen LogP contribution in [0.3, 0.4) is 0 Å². The number of carbonyl (C=O) groups is 1. The highest BCUT2D eigenvalue weighted by molar-refractivity contribution is 6.05. The van der Waals surface area contributed by atoms with Gasteiger partial charge in [0.05, 0.1) is 12.7 Å². The molecule has 0 amide bonds. The monoisotopic (exact) mass is 283 g/mol. The van der Waals surface area contributed by atoms with Crippen LogP contribution in [0.25, 0.3) is 0 Å². The number of ether oxygens (including phenoxy) is 1. The van der Waals surface area contributed by atoms with E-state index in [0.717, 1.165) is 16.7 Å². The summed E-state index contributed by atoms with van der Waals surface area (Å²) in [5.41, 5.74) is 8.59. The van der Waals surface area contributed by atoms with E-state index in [9.17, 15) is 4.79 Å². The third-order valence-electron chi connectivity index (χ3n) is 3.97. The van der Waals surface area contributed by atoms with E-state index in [1.165, 1.54) is 0 Å². The molecule has 0 heterocycles. The number of hydrogen-bond acceptors (Lipinski definition) is 3. The number of benzene rings is 2. The molecule has 21 heavy (non-hydrogen) atoms. The number of ketones is 1. The lowest BCUT2D eigenvalue weighted by atomic mass is 9.84. The quantitative estimate of drug-likeness (QED) is 0.875. The van der Waals surface area contributed by atoms with Crippen LogP contribution in [0.5, 0.6) is 5.75 Å². The van der Waals surface area contributed by atoms with Gasteiger partial charge >= 0.3 is 0 Å². The molecule has 2 N–H and O–H groups in total. The molecule has 0 spiro atoms. The van der Waals surface area contributed by atoms with Crippen LogP contribution in [0, 0.1) is 13.8 Å². The van der Waals surface area contributed by atoms with Crippen molar-refractivity contribution in [2.75, 3.05) is 7.11 Å². The van der Waals surface area contributed by atoms with Crippen molar-refractivity contribution in [1.29, 1.82) is 0 Å². The van der Waals surface area contributed by atoms with Crippen molar-refractivity contribution >= 4 is 5.78 Å². The molecular weight excluding hydrogens is 262 g/mol. The van der Waals surface area contributed by atoms with Gasteiger partial charge in [0.1, 0.15) is 11.3 Å². The Kier molecular flexibility index (Phi) is 4.14. The third-order valence-corrected chi connectivity index (χ3v) is 3.97. The predicted molar refractivity (Wildman–Crippen MR) is 84.8 cm³/mol. The van der Waals surface area contributed by atoms with E-state index in [-0.39, 0.29) is 5.78 Å². The van der Waals surface area contributed by atoms with Gasteiger partial charge < -0.3 is 10.5 Å². The van der Waals surface area contributed by atoms with Gasteiger partial charge in [0.2, 0.25) is 0 Å². The van der Waals surface area contributed by atoms with Crippen molar-refractivity contribution in [3.8, 4) is 5.75 Å². The average molecular weight is 283 g/mol. The lowest BCUT2D eigenvalue weighted by Gasteiger charge is -2.25. The maximum atomic E-state index is 12.9. The molecule has 2 rings (SSSR count). The molecule has 0 fully saturated rings. The SMILES string of the molecule is COc1c(C(=O)C(C)(N)c2ccccc2)ccc(C)c1C. The molecule has 0 saturated heterocycles. The topological polar surface area (TPSA) is 52.3 Å². The second-order valence-corrected chi connectivity index (χ2v) is 5.49. The molecule has 0 aliphatic heterocycles. The molecular formula is C18H21NO2. The van der Waals surface area contributed by atoms with Crippen LogP contribution in [0.4, 0.5) is 0 Å². The van der Waals surface area contributed by atoms with Gasteiger partial charge in [-0.15, -0.1) is 0 Å². The van der Waals surface area contributed by atoms with Gasteiger partial charge in [-0.1, -0.05) is 36.4 Å². The van der Waals surface area contributed by atoms with Crippen molar-refractivity contribution in [2.45, 2.75) is 26.3 Å². The Labute approximate surface area is 125 Å². The number of aryl methyl sites for hydroxylation is 1. The van der Waals surface area contributed by atoms with Crippen LogP contribution in [-0.2, 0) is 5.54 Å². The van der Waals surface area contributed by atoms with Gasteiger partial charge in [0.15, 0.2) is 5.78 Å². The van der Waals surface area contributed by atoms with E-state index < -0.39 is 5.54 Å². The Morgan fingerprint density at radius 1 is 1.10 bits per heavy atom. The molecule has 1 unspecified atom stereocenters. The van der Waals surface area contributed by atoms with Crippen molar-refractivity contribution in [3.63, 3.8) is 0 Å². The standard InChI is InChI=1S/C18H21NO2/c1-12-10-11-15(16(21-4)13(12)2)17(20)18(3,19)14-8-6-5-7-9-14/h5-11H,19H2,1-4H3. The average Bonchev–Trinajstić information content (AvgIpc) is 2.50. The molecule has 0 saturated carbocycles. The fourth-order valence-corrected chi connectivity index (χ4v) is 2.43. The highest BCUT2D eigenvalue weighted by Gasteiger charge is 2.33. The van der Waals surface area contributed by atoms with Crippen molar-refractivity contribution < 1.29 is 9.53 Å². The molecule has 3 heteroatoms. The minimum Gasteiger partial charge on any atom is -0.496 e. The zero-order valence-electron chi connectivity index (χ0n) is 12.9. The molecule has 0 aliphatic rings. The van der Waals surface area contributed by atoms with E-state index in [4.69, 9.17) is 10.5 Å². The summed E-state index contributed by atoms with van der Waals surface area (Å²) in [6, 6.07) is 13.1. The summed E-state index contributed by atoms with van der Waals surface area (Å²) >= 11 is 0. The lowest BCUT2D eigenvalue weighted by Crippen LogP contribution is -2.42. The van der Waals surface area contributed by atoms with Crippen LogP contribution < -0.4 is 10.5 Å². The zero-order chi connectivity index (χ0) is 15.6. The molecule has 0 radical (unpaired) electrons. The van der Waals surface area contributed by atoms with Gasteiger partial charge in [0.25, 0.3) is 0 Å². The number of carbonyl (C=O) groups excluding carboxylic acids is 1. The Morgan fingerprint density at radius 2 is 1.71 bits per heavy atom. The van der Waals surface area contributed by atoms with Crippen LogP contribution in [0.1, 0.15) is 34.0 Å². The maximum absolute atomic E-state index is 12.9. The number of nitrogens with two attached hydrogens (primary N) is 1. The second kappa shape index (κ2) is 5.70. The first-order chi connectivity index (χ1) is 9.89. The smallest absolute Gasteiger partial charge is 0.190 e. The van der Waals surface area contributed by atoms with Crippen LogP contribution in [0.2, 0.25) is 0 Å². The largest absolute Gasteiger partial charge is 0.496 e. The second-order valence-electron chi connectivity index (χ2n) is 5.49. The molecule has 0 aromatic heterocycles. The first-order valence-electron chi connectivity index (χ1n) is 6.93. The van der Waals surface area contributed by atoms with Crippen LogP contribution >= 0.6 is 0 Å². The molecule has 0 bridgehead atoms. The van der Waals surface area contributed by atoms with E-state index in [1.54, 1.807) is 20.1 Å². The number of hydrogen-bond donors (Lipinski definition) is 1. The highest BCUT2D eigenvalue weighted by Crippen LogP contribution is 2.31. The van der Waals surface area contributed by atoms with Gasteiger partial charge in [0, 0.05) is 0 Å². The summed E-state index contributed by atoms with van der Waals surface area (Å²) in [6.07, 6.45) is 0. The molecule has 110 valence electrons. The van der Waals surface area contributed by atoms with Crippen molar-refractivity contribution in [2.24, 2.45) is 5.73 Å². The molecule has 2 aromatic rings. The summed E-state index contributed by atoms with van der Waals surface area (Å²) < 4.78 is 5.43. The highest BCUT2D eigenvalue weighted by atomic mass is 16.5. The maximum Gasteiger partial charge on any atom is 0.190 e. The first kappa shape index (κ1) is 15.3. The predicted octanol–water partition coefficient (Wildman–Crippen LogP) is 3.37.